The molecule has 0 aromatic carbocycles. The first-order chi connectivity index (χ1) is 18.1. The van der Waals surface area contributed by atoms with E-state index in [9.17, 15) is 7.87 Å². The first kappa shape index (κ1) is 35.8. The number of rotatable bonds is 22. The van der Waals surface area contributed by atoms with Crippen LogP contribution < -0.4 is 0 Å². The van der Waals surface area contributed by atoms with Gasteiger partial charge in [-0.1, -0.05) is 26.7 Å². The molecule has 0 unspecified atom stereocenters. The van der Waals surface area contributed by atoms with Gasteiger partial charge in [-0.25, -0.2) is 0 Å². The third kappa shape index (κ3) is 19.4. The molecule has 0 amide bonds. The molecule has 0 bridgehead atoms. The van der Waals surface area contributed by atoms with Crippen LogP contribution in [0.1, 0.15) is 155 Å². The second-order valence-corrected chi connectivity index (χ2v) is 24.8. The van der Waals surface area contributed by atoms with Crippen LogP contribution in [0, 0.1) is 0 Å². The Kier molecular flexibility index (Phi) is 24.8. The van der Waals surface area contributed by atoms with E-state index >= 15 is 0 Å². The summed E-state index contributed by atoms with van der Waals surface area (Å²) in [4.78, 5) is 13.4. The van der Waals surface area contributed by atoms with Crippen molar-refractivity contribution in [2.75, 3.05) is 25.6 Å². The summed E-state index contributed by atoms with van der Waals surface area (Å²) in [6.07, 6.45) is 27.3. The average Bonchev–Trinajstić information content (AvgIpc) is 2.92. The molecule has 1 rings (SSSR count). The SMILES string of the molecule is CCCCCCCCCCCCC1(CCCCCCCCCCCC)[S][Sn](=[O])[S]CCOCCOC1=O. The Morgan fingerprint density at radius 2 is 1.08 bits per heavy atom. The molecule has 1 fully saturated rings. The van der Waals surface area contributed by atoms with Crippen LogP contribution in [0.25, 0.3) is 0 Å². The zero-order valence-electron chi connectivity index (χ0n) is 24.3. The van der Waals surface area contributed by atoms with Crippen LogP contribution in [0.5, 0.6) is 0 Å². The van der Waals surface area contributed by atoms with Gasteiger partial charge >= 0.3 is 217 Å². The standard InChI is InChI=1S/C30H60O3S2.O.Sn/c1-3-5-7-9-11-13-15-17-19-21-23-30(35,29(31)33-26-25-32-27-28-34)24-22-20-18-16-14-12-10-8-6-4-2;;/h34-35H,3-28H2,1-2H3;;/q;;+2/p-2. The van der Waals surface area contributed by atoms with Crippen LogP contribution in [-0.2, 0) is 17.3 Å². The number of carbonyl (C=O) groups is 1. The number of unbranched alkanes of at least 4 members (excludes halogenated alkanes) is 18. The van der Waals surface area contributed by atoms with E-state index in [2.05, 4.69) is 13.8 Å². The normalized spacial score (nSPS) is 16.9. The van der Waals surface area contributed by atoms with Crippen molar-refractivity contribution in [1.82, 2.24) is 0 Å². The van der Waals surface area contributed by atoms with E-state index in [0.29, 0.717) is 19.8 Å². The van der Waals surface area contributed by atoms with Gasteiger partial charge in [0.05, 0.1) is 0 Å². The number of hydrogen-bond donors (Lipinski definition) is 0. The zero-order valence-corrected chi connectivity index (χ0v) is 28.8. The van der Waals surface area contributed by atoms with Gasteiger partial charge in [0, 0.05) is 0 Å². The van der Waals surface area contributed by atoms with E-state index < -0.39 is 21.7 Å². The van der Waals surface area contributed by atoms with Gasteiger partial charge in [-0.05, 0) is 0 Å². The van der Waals surface area contributed by atoms with Gasteiger partial charge in [0.25, 0.3) is 0 Å². The second kappa shape index (κ2) is 25.7. The summed E-state index contributed by atoms with van der Waals surface area (Å²) < 4.78 is 23.7. The molecule has 0 N–H and O–H groups in total. The minimum absolute atomic E-state index is 0.121. The Bertz CT molecular complexity index is 538. The monoisotopic (exact) mass is 666 g/mol. The molecule has 1 heterocycles. The first-order valence-corrected chi connectivity index (χ1v) is 25.7. The molecule has 0 saturated carbocycles. The summed E-state index contributed by atoms with van der Waals surface area (Å²) in [7, 11) is 3.12. The second-order valence-electron chi connectivity index (χ2n) is 10.8. The molecule has 1 saturated heterocycles. The van der Waals surface area contributed by atoms with Gasteiger partial charge in [0.1, 0.15) is 0 Å². The van der Waals surface area contributed by atoms with E-state index in [1.165, 1.54) is 103 Å². The molecular formula is C30H58O4S2Sn. The van der Waals surface area contributed by atoms with Gasteiger partial charge in [-0.3, -0.25) is 0 Å². The number of carbonyl (C=O) groups excluding carboxylic acids is 1. The number of ether oxygens (including phenoxy) is 2. The summed E-state index contributed by atoms with van der Waals surface area (Å²) >= 11 is -2.99. The Morgan fingerprint density at radius 3 is 1.54 bits per heavy atom. The van der Waals surface area contributed by atoms with Crippen LogP contribution >= 0.6 is 17.9 Å². The Labute approximate surface area is 242 Å². The first-order valence-electron chi connectivity index (χ1n) is 15.8. The molecule has 7 heteroatoms. The van der Waals surface area contributed by atoms with Gasteiger partial charge < -0.3 is 0 Å². The molecule has 37 heavy (non-hydrogen) atoms. The molecule has 1 aliphatic heterocycles. The van der Waals surface area contributed by atoms with Crippen LogP contribution in [0.2, 0.25) is 0 Å². The fourth-order valence-electron chi connectivity index (χ4n) is 5.07. The molecule has 218 valence electrons. The number of hydrogen-bond acceptors (Lipinski definition) is 6. The molecule has 0 aromatic rings. The summed E-state index contributed by atoms with van der Waals surface area (Å²) in [5, 5.41) is 0. The third-order valence-electron chi connectivity index (χ3n) is 7.43. The van der Waals surface area contributed by atoms with Crippen molar-refractivity contribution in [1.29, 1.82) is 0 Å². The van der Waals surface area contributed by atoms with E-state index in [4.69, 9.17) is 9.47 Å². The Morgan fingerprint density at radius 1 is 0.649 bits per heavy atom. The van der Waals surface area contributed by atoms with Gasteiger partial charge in [-0.15, -0.1) is 0 Å². The molecular weight excluding hydrogens is 607 g/mol. The molecule has 1 aliphatic rings. The number of esters is 1. The average molecular weight is 666 g/mol. The Balaban J connectivity index is 2.51. The molecule has 4 nitrogen and oxygen atoms in total. The van der Waals surface area contributed by atoms with Crippen molar-refractivity contribution in [2.45, 2.75) is 160 Å². The van der Waals surface area contributed by atoms with Gasteiger partial charge in [-0.2, -0.15) is 0 Å². The van der Waals surface area contributed by atoms with Crippen molar-refractivity contribution in [3.8, 4) is 0 Å². The molecule has 0 aliphatic carbocycles. The molecule has 0 atom stereocenters. The molecule has 0 aromatic heterocycles. The van der Waals surface area contributed by atoms with E-state index in [-0.39, 0.29) is 5.97 Å². The Hall–Kier alpha value is 0.729. The van der Waals surface area contributed by atoms with E-state index in [1.807, 2.05) is 0 Å². The van der Waals surface area contributed by atoms with Crippen LogP contribution in [0.15, 0.2) is 0 Å². The predicted octanol–water partition coefficient (Wildman–Crippen LogP) is 9.80. The van der Waals surface area contributed by atoms with Crippen LogP contribution in [0.3, 0.4) is 0 Å². The van der Waals surface area contributed by atoms with Crippen LogP contribution in [0.4, 0.5) is 0 Å². The van der Waals surface area contributed by atoms with Crippen molar-refractivity contribution >= 4 is 40.8 Å². The fraction of sp³-hybridized carbons (Fsp3) is 0.967. The fourth-order valence-corrected chi connectivity index (χ4v) is 20.4. The zero-order chi connectivity index (χ0) is 26.9. The summed E-state index contributed by atoms with van der Waals surface area (Å²) in [6, 6.07) is 0. The quantitative estimate of drug-likeness (QED) is 0.0652. The predicted molar refractivity (Wildman–Crippen MR) is 164 cm³/mol. The maximum absolute atomic E-state index is 13.4. The minimum atomic E-state index is -2.99. The molecule has 0 spiro atoms. The maximum atomic E-state index is 13.4. The van der Waals surface area contributed by atoms with Crippen molar-refractivity contribution in [3.05, 3.63) is 0 Å². The van der Waals surface area contributed by atoms with Crippen molar-refractivity contribution in [3.63, 3.8) is 0 Å². The van der Waals surface area contributed by atoms with E-state index in [1.54, 1.807) is 17.9 Å². The van der Waals surface area contributed by atoms with Gasteiger partial charge in [0.2, 0.25) is 0 Å². The van der Waals surface area contributed by atoms with Crippen molar-refractivity contribution < 1.29 is 17.3 Å². The van der Waals surface area contributed by atoms with Crippen molar-refractivity contribution in [2.24, 2.45) is 0 Å². The summed E-state index contributed by atoms with van der Waals surface area (Å²) in [5.41, 5.74) is 0. The summed E-state index contributed by atoms with van der Waals surface area (Å²) in [6.45, 7) is 5.89. The van der Waals surface area contributed by atoms with Gasteiger partial charge in [0.15, 0.2) is 0 Å². The van der Waals surface area contributed by atoms with Crippen LogP contribution in [-0.4, -0.2) is 53.3 Å². The number of cyclic esters (lactones) is 1. The topological polar surface area (TPSA) is 52.6 Å². The summed E-state index contributed by atoms with van der Waals surface area (Å²) in [5.74, 6) is 0.649. The van der Waals surface area contributed by atoms with E-state index in [0.717, 1.165) is 44.3 Å². The molecule has 0 radical (unpaired) electrons. The third-order valence-corrected chi connectivity index (χ3v) is 21.8.